The smallest absolute Gasteiger partial charge is 0.224 e. The third-order valence-corrected chi connectivity index (χ3v) is 3.55. The van der Waals surface area contributed by atoms with E-state index in [9.17, 15) is 0 Å². The third kappa shape index (κ3) is 4.45. The van der Waals surface area contributed by atoms with Crippen LogP contribution in [0.5, 0.6) is 0 Å². The van der Waals surface area contributed by atoms with Gasteiger partial charge in [-0.2, -0.15) is 4.98 Å². The van der Waals surface area contributed by atoms with E-state index in [1.54, 1.807) is 0 Å². The van der Waals surface area contributed by atoms with E-state index in [0.717, 1.165) is 25.3 Å². The molecule has 0 fully saturated rings. The second kappa shape index (κ2) is 7.62. The molecular formula is C17H24N4. The van der Waals surface area contributed by atoms with Crippen LogP contribution in [0, 0.1) is 0 Å². The minimum Gasteiger partial charge on any atom is -0.352 e. The standard InChI is InChI=1S/C17H24N4/c1-4-14(3)19-17-18-12-11-16(20-17)21(5-2)13-15-9-7-6-8-10-15/h6-12,14H,4-5,13H2,1-3H3,(H,18,19,20). The molecule has 4 heteroatoms. The van der Waals surface area contributed by atoms with Gasteiger partial charge in [0.05, 0.1) is 0 Å². The molecule has 1 aromatic carbocycles. The minimum absolute atomic E-state index is 0.379. The van der Waals surface area contributed by atoms with E-state index in [2.05, 4.69) is 65.2 Å². The highest BCUT2D eigenvalue weighted by Gasteiger charge is 2.09. The molecule has 0 radical (unpaired) electrons. The molecule has 2 rings (SSSR count). The van der Waals surface area contributed by atoms with E-state index in [-0.39, 0.29) is 0 Å². The molecule has 0 aliphatic heterocycles. The van der Waals surface area contributed by atoms with E-state index in [1.165, 1.54) is 5.56 Å². The zero-order chi connectivity index (χ0) is 15.1. The fourth-order valence-electron chi connectivity index (χ4n) is 2.08. The summed E-state index contributed by atoms with van der Waals surface area (Å²) in [5, 5.41) is 3.33. The van der Waals surface area contributed by atoms with Crippen LogP contribution in [0.1, 0.15) is 32.8 Å². The van der Waals surface area contributed by atoms with Gasteiger partial charge >= 0.3 is 0 Å². The summed E-state index contributed by atoms with van der Waals surface area (Å²) in [6.45, 7) is 8.20. The Bertz CT molecular complexity index is 541. The Hall–Kier alpha value is -2.10. The lowest BCUT2D eigenvalue weighted by atomic mass is 10.2. The number of aromatic nitrogens is 2. The molecule has 1 atom stereocenters. The summed E-state index contributed by atoms with van der Waals surface area (Å²) in [4.78, 5) is 11.2. The van der Waals surface area contributed by atoms with Crippen LogP contribution < -0.4 is 10.2 Å². The maximum absolute atomic E-state index is 4.63. The van der Waals surface area contributed by atoms with Crippen molar-refractivity contribution in [1.29, 1.82) is 0 Å². The molecule has 0 aliphatic carbocycles. The number of nitrogens with one attached hydrogen (secondary N) is 1. The van der Waals surface area contributed by atoms with Crippen molar-refractivity contribution < 1.29 is 0 Å². The number of hydrogen-bond acceptors (Lipinski definition) is 4. The molecule has 0 amide bonds. The Morgan fingerprint density at radius 2 is 1.90 bits per heavy atom. The maximum Gasteiger partial charge on any atom is 0.224 e. The van der Waals surface area contributed by atoms with Gasteiger partial charge < -0.3 is 10.2 Å². The Morgan fingerprint density at radius 1 is 1.14 bits per heavy atom. The van der Waals surface area contributed by atoms with Crippen molar-refractivity contribution in [3.05, 3.63) is 48.2 Å². The molecule has 2 aromatic rings. The second-order valence-electron chi connectivity index (χ2n) is 5.19. The van der Waals surface area contributed by atoms with E-state index in [4.69, 9.17) is 0 Å². The Kier molecular flexibility index (Phi) is 5.55. The lowest BCUT2D eigenvalue weighted by Crippen LogP contribution is -2.24. The highest BCUT2D eigenvalue weighted by molar-refractivity contribution is 5.43. The van der Waals surface area contributed by atoms with Gasteiger partial charge in [0, 0.05) is 25.3 Å². The fraction of sp³-hybridized carbons (Fsp3) is 0.412. The molecule has 112 valence electrons. The molecule has 0 spiro atoms. The molecule has 0 saturated carbocycles. The van der Waals surface area contributed by atoms with Crippen molar-refractivity contribution in [3.63, 3.8) is 0 Å². The maximum atomic E-state index is 4.63. The predicted octanol–water partition coefficient (Wildman–Crippen LogP) is 3.71. The first-order valence-electron chi connectivity index (χ1n) is 7.61. The van der Waals surface area contributed by atoms with E-state index in [1.807, 2.05) is 18.3 Å². The molecule has 0 bridgehead atoms. The van der Waals surface area contributed by atoms with Crippen LogP contribution in [-0.4, -0.2) is 22.6 Å². The van der Waals surface area contributed by atoms with Gasteiger partial charge in [0.1, 0.15) is 5.82 Å². The summed E-state index contributed by atoms with van der Waals surface area (Å²) >= 11 is 0. The van der Waals surface area contributed by atoms with Gasteiger partial charge in [-0.05, 0) is 31.9 Å². The number of hydrogen-bond donors (Lipinski definition) is 1. The van der Waals surface area contributed by atoms with Crippen LogP contribution >= 0.6 is 0 Å². The summed E-state index contributed by atoms with van der Waals surface area (Å²) in [5.74, 6) is 1.66. The zero-order valence-corrected chi connectivity index (χ0v) is 13.1. The largest absolute Gasteiger partial charge is 0.352 e. The topological polar surface area (TPSA) is 41.1 Å². The van der Waals surface area contributed by atoms with Crippen LogP contribution in [0.15, 0.2) is 42.6 Å². The van der Waals surface area contributed by atoms with Gasteiger partial charge in [-0.1, -0.05) is 37.3 Å². The lowest BCUT2D eigenvalue weighted by molar-refractivity contribution is 0.748. The van der Waals surface area contributed by atoms with Crippen molar-refractivity contribution in [2.75, 3.05) is 16.8 Å². The number of rotatable bonds is 7. The molecule has 4 nitrogen and oxygen atoms in total. The molecule has 1 heterocycles. The van der Waals surface area contributed by atoms with Crippen LogP contribution in [0.3, 0.4) is 0 Å². The van der Waals surface area contributed by atoms with Crippen molar-refractivity contribution in [2.24, 2.45) is 0 Å². The van der Waals surface area contributed by atoms with E-state index >= 15 is 0 Å². The van der Waals surface area contributed by atoms with Crippen LogP contribution in [0.25, 0.3) is 0 Å². The first kappa shape index (κ1) is 15.3. The third-order valence-electron chi connectivity index (χ3n) is 3.55. The van der Waals surface area contributed by atoms with E-state index < -0.39 is 0 Å². The number of anilines is 2. The highest BCUT2D eigenvalue weighted by atomic mass is 15.2. The Labute approximate surface area is 127 Å². The minimum atomic E-state index is 0.379. The molecule has 1 aromatic heterocycles. The molecule has 0 aliphatic rings. The van der Waals surface area contributed by atoms with E-state index in [0.29, 0.717) is 12.0 Å². The van der Waals surface area contributed by atoms with Gasteiger partial charge in [-0.25, -0.2) is 4.98 Å². The SMILES string of the molecule is CCC(C)Nc1nccc(N(CC)Cc2ccccc2)n1. The highest BCUT2D eigenvalue weighted by Crippen LogP contribution is 2.16. The average Bonchev–Trinajstić information content (AvgIpc) is 2.53. The molecule has 21 heavy (non-hydrogen) atoms. The average molecular weight is 284 g/mol. The van der Waals surface area contributed by atoms with Crippen molar-refractivity contribution in [1.82, 2.24) is 9.97 Å². The normalized spacial score (nSPS) is 12.0. The predicted molar refractivity (Wildman–Crippen MR) is 88.6 cm³/mol. The fourth-order valence-corrected chi connectivity index (χ4v) is 2.08. The Morgan fingerprint density at radius 3 is 2.57 bits per heavy atom. The number of benzene rings is 1. The summed E-state index contributed by atoms with van der Waals surface area (Å²) in [6, 6.07) is 12.8. The van der Waals surface area contributed by atoms with Crippen LogP contribution in [0.2, 0.25) is 0 Å². The lowest BCUT2D eigenvalue weighted by Gasteiger charge is -2.22. The monoisotopic (exact) mass is 284 g/mol. The Balaban J connectivity index is 2.12. The van der Waals surface area contributed by atoms with Crippen molar-refractivity contribution >= 4 is 11.8 Å². The zero-order valence-electron chi connectivity index (χ0n) is 13.1. The molecular weight excluding hydrogens is 260 g/mol. The summed E-state index contributed by atoms with van der Waals surface area (Å²) < 4.78 is 0. The summed E-state index contributed by atoms with van der Waals surface area (Å²) in [7, 11) is 0. The second-order valence-corrected chi connectivity index (χ2v) is 5.19. The molecule has 1 N–H and O–H groups in total. The van der Waals surface area contributed by atoms with Crippen LogP contribution in [-0.2, 0) is 6.54 Å². The first-order chi connectivity index (χ1) is 10.2. The van der Waals surface area contributed by atoms with Crippen LogP contribution in [0.4, 0.5) is 11.8 Å². The number of nitrogens with zero attached hydrogens (tertiary/aromatic N) is 3. The van der Waals surface area contributed by atoms with Crippen molar-refractivity contribution in [3.8, 4) is 0 Å². The van der Waals surface area contributed by atoms with Gasteiger partial charge in [-0.15, -0.1) is 0 Å². The summed E-state index contributed by atoms with van der Waals surface area (Å²) in [5.41, 5.74) is 1.29. The molecule has 1 unspecified atom stereocenters. The summed E-state index contributed by atoms with van der Waals surface area (Å²) in [6.07, 6.45) is 2.87. The first-order valence-corrected chi connectivity index (χ1v) is 7.61. The van der Waals surface area contributed by atoms with Crippen molar-refractivity contribution in [2.45, 2.75) is 39.8 Å². The quantitative estimate of drug-likeness (QED) is 0.841. The van der Waals surface area contributed by atoms with Gasteiger partial charge in [0.15, 0.2) is 0 Å². The van der Waals surface area contributed by atoms with Gasteiger partial charge in [-0.3, -0.25) is 0 Å². The van der Waals surface area contributed by atoms with Gasteiger partial charge in [0.2, 0.25) is 5.95 Å². The molecule has 0 saturated heterocycles. The van der Waals surface area contributed by atoms with Gasteiger partial charge in [0.25, 0.3) is 0 Å².